The van der Waals surface area contributed by atoms with Crippen LogP contribution in [-0.2, 0) is 9.53 Å². The van der Waals surface area contributed by atoms with Crippen molar-refractivity contribution in [2.45, 2.75) is 0 Å². The first-order valence-corrected chi connectivity index (χ1v) is 7.76. The average molecular weight is 391 g/mol. The SMILES string of the molecule is COc1cc(F)ccc1C1=C(Br)C(=O)O/C1=C\c1ccccc1O. The van der Waals surface area contributed by atoms with Gasteiger partial charge in [0.25, 0.3) is 0 Å². The zero-order chi connectivity index (χ0) is 17.3. The molecular formula is C18H12BrFO4. The fourth-order valence-electron chi connectivity index (χ4n) is 2.38. The van der Waals surface area contributed by atoms with E-state index in [4.69, 9.17) is 9.47 Å². The van der Waals surface area contributed by atoms with Gasteiger partial charge in [0, 0.05) is 22.8 Å². The Morgan fingerprint density at radius 2 is 2.00 bits per heavy atom. The van der Waals surface area contributed by atoms with E-state index in [1.54, 1.807) is 24.3 Å². The number of carbonyl (C=O) groups excluding carboxylic acids is 1. The number of carbonyl (C=O) groups is 1. The van der Waals surface area contributed by atoms with E-state index in [1.807, 2.05) is 0 Å². The second-order valence-corrected chi connectivity index (χ2v) is 5.78. The molecule has 2 aromatic carbocycles. The van der Waals surface area contributed by atoms with Gasteiger partial charge in [-0.2, -0.15) is 0 Å². The quantitative estimate of drug-likeness (QED) is 0.796. The Bertz CT molecular complexity index is 886. The molecule has 0 amide bonds. The lowest BCUT2D eigenvalue weighted by Crippen LogP contribution is -1.95. The lowest BCUT2D eigenvalue weighted by atomic mass is 10.0. The Kier molecular flexibility index (Phi) is 4.40. The summed E-state index contributed by atoms with van der Waals surface area (Å²) in [6.45, 7) is 0. The highest BCUT2D eigenvalue weighted by Gasteiger charge is 2.31. The maximum absolute atomic E-state index is 13.4. The van der Waals surface area contributed by atoms with Gasteiger partial charge in [0.1, 0.15) is 27.6 Å². The minimum Gasteiger partial charge on any atom is -0.507 e. The molecule has 1 heterocycles. The number of rotatable bonds is 3. The molecule has 0 bridgehead atoms. The van der Waals surface area contributed by atoms with Crippen molar-refractivity contribution in [3.8, 4) is 11.5 Å². The van der Waals surface area contributed by atoms with Crippen LogP contribution in [0.1, 0.15) is 11.1 Å². The van der Waals surface area contributed by atoms with Gasteiger partial charge in [0.15, 0.2) is 0 Å². The van der Waals surface area contributed by atoms with Crippen LogP contribution in [0.15, 0.2) is 52.7 Å². The Morgan fingerprint density at radius 3 is 2.71 bits per heavy atom. The first-order valence-electron chi connectivity index (χ1n) is 6.97. The predicted octanol–water partition coefficient (Wildman–Crippen LogP) is 4.24. The molecular weight excluding hydrogens is 379 g/mol. The number of esters is 1. The molecule has 0 radical (unpaired) electrons. The Morgan fingerprint density at radius 1 is 1.25 bits per heavy atom. The highest BCUT2D eigenvalue weighted by atomic mass is 79.9. The van der Waals surface area contributed by atoms with Gasteiger partial charge in [0.05, 0.1) is 7.11 Å². The van der Waals surface area contributed by atoms with E-state index in [2.05, 4.69) is 15.9 Å². The monoisotopic (exact) mass is 390 g/mol. The van der Waals surface area contributed by atoms with E-state index >= 15 is 0 Å². The largest absolute Gasteiger partial charge is 0.507 e. The summed E-state index contributed by atoms with van der Waals surface area (Å²) in [7, 11) is 1.41. The van der Waals surface area contributed by atoms with Crippen molar-refractivity contribution >= 4 is 33.5 Å². The number of cyclic esters (lactones) is 1. The van der Waals surface area contributed by atoms with E-state index in [9.17, 15) is 14.3 Å². The molecule has 0 saturated carbocycles. The van der Waals surface area contributed by atoms with Crippen LogP contribution in [-0.4, -0.2) is 18.2 Å². The molecule has 3 rings (SSSR count). The molecule has 0 spiro atoms. The lowest BCUT2D eigenvalue weighted by molar-refractivity contribution is -0.132. The van der Waals surface area contributed by atoms with Gasteiger partial charge in [-0.3, -0.25) is 0 Å². The van der Waals surface area contributed by atoms with Gasteiger partial charge in [-0.05, 0) is 40.2 Å². The molecule has 0 aliphatic carbocycles. The van der Waals surface area contributed by atoms with Gasteiger partial charge in [0.2, 0.25) is 0 Å². The van der Waals surface area contributed by atoms with E-state index in [-0.39, 0.29) is 21.7 Å². The number of phenolic OH excluding ortho intramolecular Hbond substituents is 1. The fourth-order valence-corrected chi connectivity index (χ4v) is 2.87. The second kappa shape index (κ2) is 6.49. The molecule has 0 saturated heterocycles. The molecule has 4 nitrogen and oxygen atoms in total. The predicted molar refractivity (Wildman–Crippen MR) is 91.0 cm³/mol. The number of hydrogen-bond donors (Lipinski definition) is 1. The molecule has 2 aromatic rings. The highest BCUT2D eigenvalue weighted by Crippen LogP contribution is 2.42. The summed E-state index contributed by atoms with van der Waals surface area (Å²) in [4.78, 5) is 12.0. The Hall–Kier alpha value is -2.60. The Balaban J connectivity index is 2.17. The lowest BCUT2D eigenvalue weighted by Gasteiger charge is -2.10. The van der Waals surface area contributed by atoms with Crippen LogP contribution in [0.4, 0.5) is 4.39 Å². The minimum absolute atomic E-state index is 0.0505. The third kappa shape index (κ3) is 2.92. The van der Waals surface area contributed by atoms with E-state index in [0.717, 1.165) is 0 Å². The minimum atomic E-state index is -0.571. The molecule has 0 atom stereocenters. The van der Waals surface area contributed by atoms with Gasteiger partial charge in [-0.15, -0.1) is 0 Å². The summed E-state index contributed by atoms with van der Waals surface area (Å²) in [5.74, 6) is -0.474. The zero-order valence-corrected chi connectivity index (χ0v) is 14.1. The average Bonchev–Trinajstić information content (AvgIpc) is 2.84. The molecule has 24 heavy (non-hydrogen) atoms. The Labute approximate surface area is 146 Å². The fraction of sp³-hybridized carbons (Fsp3) is 0.0556. The number of hydrogen-bond acceptors (Lipinski definition) is 4. The number of aromatic hydroxyl groups is 1. The number of phenols is 1. The maximum atomic E-state index is 13.4. The van der Waals surface area contributed by atoms with Crippen molar-refractivity contribution in [2.75, 3.05) is 7.11 Å². The van der Waals surface area contributed by atoms with Crippen LogP contribution < -0.4 is 4.74 Å². The summed E-state index contributed by atoms with van der Waals surface area (Å²) in [6, 6.07) is 10.6. The molecule has 6 heteroatoms. The molecule has 0 unspecified atom stereocenters. The van der Waals surface area contributed by atoms with Crippen LogP contribution in [0.25, 0.3) is 11.6 Å². The standard InChI is InChI=1S/C18H12BrFO4/c1-23-14-9-11(20)6-7-12(14)16-15(24-18(22)17(16)19)8-10-4-2-3-5-13(10)21/h2-9,21H,1H3/b15-8-. The van der Waals surface area contributed by atoms with Gasteiger partial charge in [-0.25, -0.2) is 9.18 Å². The van der Waals surface area contributed by atoms with Gasteiger partial charge in [-0.1, -0.05) is 18.2 Å². The molecule has 1 aliphatic rings. The zero-order valence-electron chi connectivity index (χ0n) is 12.5. The molecule has 0 fully saturated rings. The smallest absolute Gasteiger partial charge is 0.351 e. The van der Waals surface area contributed by atoms with Crippen LogP contribution >= 0.6 is 15.9 Å². The number of methoxy groups -OCH3 is 1. The van der Waals surface area contributed by atoms with Crippen LogP contribution in [0.3, 0.4) is 0 Å². The first-order chi connectivity index (χ1) is 11.5. The normalized spacial score (nSPS) is 15.8. The van der Waals surface area contributed by atoms with Crippen molar-refractivity contribution in [3.63, 3.8) is 0 Å². The van der Waals surface area contributed by atoms with Gasteiger partial charge < -0.3 is 14.6 Å². The summed E-state index contributed by atoms with van der Waals surface area (Å²) in [5.41, 5.74) is 1.42. The number of benzene rings is 2. The number of para-hydroxylation sites is 1. The van der Waals surface area contributed by atoms with Crippen molar-refractivity contribution < 1.29 is 23.8 Å². The van der Waals surface area contributed by atoms with Crippen molar-refractivity contribution in [3.05, 3.63) is 69.7 Å². The summed E-state index contributed by atoms with van der Waals surface area (Å²) in [6.07, 6.45) is 1.54. The van der Waals surface area contributed by atoms with E-state index in [0.29, 0.717) is 16.7 Å². The van der Waals surface area contributed by atoms with Crippen molar-refractivity contribution in [2.24, 2.45) is 0 Å². The van der Waals surface area contributed by atoms with Crippen LogP contribution in [0.2, 0.25) is 0 Å². The summed E-state index contributed by atoms with van der Waals surface area (Å²) >= 11 is 3.21. The topological polar surface area (TPSA) is 55.8 Å². The van der Waals surface area contributed by atoms with E-state index < -0.39 is 11.8 Å². The number of halogens is 2. The van der Waals surface area contributed by atoms with Crippen LogP contribution in [0, 0.1) is 5.82 Å². The third-order valence-electron chi connectivity index (χ3n) is 3.50. The summed E-state index contributed by atoms with van der Waals surface area (Å²) in [5, 5.41) is 9.91. The van der Waals surface area contributed by atoms with E-state index in [1.165, 1.54) is 31.4 Å². The maximum Gasteiger partial charge on any atom is 0.351 e. The van der Waals surface area contributed by atoms with Crippen molar-refractivity contribution in [1.82, 2.24) is 0 Å². The number of ether oxygens (including phenoxy) is 2. The second-order valence-electron chi connectivity index (χ2n) is 4.99. The highest BCUT2D eigenvalue weighted by molar-refractivity contribution is 9.12. The van der Waals surface area contributed by atoms with Gasteiger partial charge >= 0.3 is 5.97 Å². The van der Waals surface area contributed by atoms with Crippen molar-refractivity contribution in [1.29, 1.82) is 0 Å². The molecule has 1 N–H and O–H groups in total. The van der Waals surface area contributed by atoms with Crippen LogP contribution in [0.5, 0.6) is 11.5 Å². The molecule has 1 aliphatic heterocycles. The molecule has 122 valence electrons. The third-order valence-corrected chi connectivity index (χ3v) is 4.22. The molecule has 0 aromatic heterocycles. The number of allylic oxidation sites excluding steroid dienone is 1. The first kappa shape index (κ1) is 16.3. The summed E-state index contributed by atoms with van der Waals surface area (Å²) < 4.78 is 24.1.